The lowest BCUT2D eigenvalue weighted by atomic mass is 10.2. The molecule has 0 aromatic heterocycles. The molecule has 88 valence electrons. The van der Waals surface area contributed by atoms with Crippen LogP contribution in [0.3, 0.4) is 0 Å². The molecule has 0 aliphatic carbocycles. The lowest BCUT2D eigenvalue weighted by Gasteiger charge is -2.03. The minimum absolute atomic E-state index is 0.148. The van der Waals surface area contributed by atoms with Gasteiger partial charge in [-0.1, -0.05) is 31.9 Å². The smallest absolute Gasteiger partial charge is 0.269 e. The fourth-order valence-electron chi connectivity index (χ4n) is 1.47. The summed E-state index contributed by atoms with van der Waals surface area (Å²) in [5.41, 5.74) is 1.23. The van der Waals surface area contributed by atoms with E-state index in [9.17, 15) is 10.1 Å². The van der Waals surface area contributed by atoms with Gasteiger partial charge in [-0.25, -0.2) is 0 Å². The molecule has 16 heavy (non-hydrogen) atoms. The van der Waals surface area contributed by atoms with Crippen molar-refractivity contribution in [2.24, 2.45) is 0 Å². The van der Waals surface area contributed by atoms with Crippen LogP contribution in [0.15, 0.2) is 24.3 Å². The highest BCUT2D eigenvalue weighted by Crippen LogP contribution is 2.11. The molecule has 0 aliphatic rings. The van der Waals surface area contributed by atoms with Crippen molar-refractivity contribution >= 4 is 5.69 Å². The Kier molecular flexibility index (Phi) is 5.50. The summed E-state index contributed by atoms with van der Waals surface area (Å²) in [5.74, 6) is 0. The second-order valence-corrected chi connectivity index (χ2v) is 3.81. The molecule has 0 saturated carbocycles. The Labute approximate surface area is 95.8 Å². The Bertz CT molecular complexity index is 322. The van der Waals surface area contributed by atoms with Gasteiger partial charge < -0.3 is 5.32 Å². The Morgan fingerprint density at radius 1 is 1.25 bits per heavy atom. The number of benzene rings is 1. The third-order valence-corrected chi connectivity index (χ3v) is 2.43. The van der Waals surface area contributed by atoms with Crippen LogP contribution in [0.5, 0.6) is 0 Å². The molecule has 0 aliphatic heterocycles. The quantitative estimate of drug-likeness (QED) is 0.438. The molecule has 1 N–H and O–H groups in total. The minimum Gasteiger partial charge on any atom is -0.313 e. The maximum absolute atomic E-state index is 10.4. The molecular formula is C12H18N2O2. The molecule has 1 aromatic carbocycles. The predicted molar refractivity (Wildman–Crippen MR) is 64.3 cm³/mol. The van der Waals surface area contributed by atoms with Crippen LogP contribution in [-0.2, 0) is 6.54 Å². The van der Waals surface area contributed by atoms with E-state index < -0.39 is 0 Å². The standard InChI is InChI=1S/C12H18N2O2/c1-2-3-4-9-13-10-11-5-7-12(8-6-11)14(15)16/h5-8,13H,2-4,9-10H2,1H3. The summed E-state index contributed by atoms with van der Waals surface area (Å²) in [6.45, 7) is 3.96. The highest BCUT2D eigenvalue weighted by molar-refractivity contribution is 5.32. The molecule has 0 radical (unpaired) electrons. The van der Waals surface area contributed by atoms with E-state index in [4.69, 9.17) is 0 Å². The number of hydrogen-bond donors (Lipinski definition) is 1. The van der Waals surface area contributed by atoms with Crippen molar-refractivity contribution in [2.75, 3.05) is 6.54 Å². The molecule has 0 unspecified atom stereocenters. The van der Waals surface area contributed by atoms with E-state index in [1.165, 1.54) is 19.3 Å². The number of unbranched alkanes of at least 4 members (excludes halogenated alkanes) is 2. The zero-order chi connectivity index (χ0) is 11.8. The van der Waals surface area contributed by atoms with E-state index in [2.05, 4.69) is 12.2 Å². The largest absolute Gasteiger partial charge is 0.313 e. The van der Waals surface area contributed by atoms with Gasteiger partial charge in [0.25, 0.3) is 5.69 Å². The van der Waals surface area contributed by atoms with E-state index in [0.29, 0.717) is 0 Å². The summed E-state index contributed by atoms with van der Waals surface area (Å²) in [6.07, 6.45) is 3.65. The van der Waals surface area contributed by atoms with Gasteiger partial charge in [-0.15, -0.1) is 0 Å². The fraction of sp³-hybridized carbons (Fsp3) is 0.500. The third kappa shape index (κ3) is 4.40. The summed E-state index contributed by atoms with van der Waals surface area (Å²) in [6, 6.07) is 6.68. The van der Waals surface area contributed by atoms with Crippen molar-refractivity contribution in [3.8, 4) is 0 Å². The van der Waals surface area contributed by atoms with Crippen molar-refractivity contribution in [3.05, 3.63) is 39.9 Å². The van der Waals surface area contributed by atoms with Gasteiger partial charge in [0.2, 0.25) is 0 Å². The molecule has 4 heteroatoms. The van der Waals surface area contributed by atoms with E-state index >= 15 is 0 Å². The van der Waals surface area contributed by atoms with Crippen LogP contribution in [0.2, 0.25) is 0 Å². The van der Waals surface area contributed by atoms with Crippen molar-refractivity contribution < 1.29 is 4.92 Å². The summed E-state index contributed by atoms with van der Waals surface area (Å²) in [4.78, 5) is 10.1. The maximum atomic E-state index is 10.4. The fourth-order valence-corrected chi connectivity index (χ4v) is 1.47. The summed E-state index contributed by atoms with van der Waals surface area (Å²) in [5, 5.41) is 13.7. The lowest BCUT2D eigenvalue weighted by molar-refractivity contribution is -0.384. The van der Waals surface area contributed by atoms with Crippen molar-refractivity contribution in [2.45, 2.75) is 32.7 Å². The number of nitrogens with one attached hydrogen (secondary N) is 1. The molecule has 0 amide bonds. The average molecular weight is 222 g/mol. The maximum Gasteiger partial charge on any atom is 0.269 e. The number of nitro groups is 1. The zero-order valence-corrected chi connectivity index (χ0v) is 9.61. The first-order valence-corrected chi connectivity index (χ1v) is 5.68. The van der Waals surface area contributed by atoms with Gasteiger partial charge in [0.1, 0.15) is 0 Å². The van der Waals surface area contributed by atoms with Gasteiger partial charge in [0.05, 0.1) is 4.92 Å². The van der Waals surface area contributed by atoms with Crippen molar-refractivity contribution in [1.29, 1.82) is 0 Å². The molecule has 0 saturated heterocycles. The highest BCUT2D eigenvalue weighted by atomic mass is 16.6. The van der Waals surface area contributed by atoms with Crippen LogP contribution in [0.25, 0.3) is 0 Å². The molecule has 0 fully saturated rings. The molecule has 0 spiro atoms. The van der Waals surface area contributed by atoms with Gasteiger partial charge in [0.15, 0.2) is 0 Å². The minimum atomic E-state index is -0.377. The Hall–Kier alpha value is -1.42. The van der Waals surface area contributed by atoms with Gasteiger partial charge >= 0.3 is 0 Å². The number of nitro benzene ring substituents is 1. The van der Waals surface area contributed by atoms with Crippen LogP contribution < -0.4 is 5.32 Å². The number of hydrogen-bond acceptors (Lipinski definition) is 3. The number of nitrogens with zero attached hydrogens (tertiary/aromatic N) is 1. The predicted octanol–water partition coefficient (Wildman–Crippen LogP) is 2.87. The van der Waals surface area contributed by atoms with Gasteiger partial charge in [-0.2, -0.15) is 0 Å². The molecular weight excluding hydrogens is 204 g/mol. The number of rotatable bonds is 7. The molecule has 0 heterocycles. The van der Waals surface area contributed by atoms with Crippen LogP contribution >= 0.6 is 0 Å². The first-order chi connectivity index (χ1) is 7.74. The Morgan fingerprint density at radius 2 is 1.94 bits per heavy atom. The summed E-state index contributed by atoms with van der Waals surface area (Å²) >= 11 is 0. The molecule has 0 bridgehead atoms. The molecule has 0 atom stereocenters. The first kappa shape index (κ1) is 12.6. The van der Waals surface area contributed by atoms with E-state index in [-0.39, 0.29) is 10.6 Å². The number of non-ortho nitro benzene ring substituents is 1. The summed E-state index contributed by atoms with van der Waals surface area (Å²) in [7, 11) is 0. The summed E-state index contributed by atoms with van der Waals surface area (Å²) < 4.78 is 0. The molecule has 1 rings (SSSR count). The van der Waals surface area contributed by atoms with E-state index in [0.717, 1.165) is 18.7 Å². The zero-order valence-electron chi connectivity index (χ0n) is 9.61. The van der Waals surface area contributed by atoms with Gasteiger partial charge in [-0.05, 0) is 18.5 Å². The van der Waals surface area contributed by atoms with Crippen molar-refractivity contribution in [3.63, 3.8) is 0 Å². The molecule has 1 aromatic rings. The highest BCUT2D eigenvalue weighted by Gasteiger charge is 2.02. The Morgan fingerprint density at radius 3 is 2.50 bits per heavy atom. The second kappa shape index (κ2) is 6.95. The molecule has 4 nitrogen and oxygen atoms in total. The van der Waals surface area contributed by atoms with Crippen molar-refractivity contribution in [1.82, 2.24) is 5.32 Å². The van der Waals surface area contributed by atoms with Gasteiger partial charge in [0, 0.05) is 18.7 Å². The Balaban J connectivity index is 2.29. The third-order valence-electron chi connectivity index (χ3n) is 2.43. The second-order valence-electron chi connectivity index (χ2n) is 3.81. The first-order valence-electron chi connectivity index (χ1n) is 5.68. The van der Waals surface area contributed by atoms with Crippen LogP contribution in [-0.4, -0.2) is 11.5 Å². The van der Waals surface area contributed by atoms with Crippen LogP contribution in [0.1, 0.15) is 31.7 Å². The van der Waals surface area contributed by atoms with Gasteiger partial charge in [-0.3, -0.25) is 10.1 Å². The van der Waals surface area contributed by atoms with E-state index in [1.54, 1.807) is 24.3 Å². The lowest BCUT2D eigenvalue weighted by Crippen LogP contribution is -2.14. The average Bonchev–Trinajstić information content (AvgIpc) is 2.29. The SMILES string of the molecule is CCCCCNCc1ccc([N+](=O)[O-])cc1. The van der Waals surface area contributed by atoms with E-state index in [1.807, 2.05) is 0 Å². The monoisotopic (exact) mass is 222 g/mol. The van der Waals surface area contributed by atoms with Crippen LogP contribution in [0, 0.1) is 10.1 Å². The normalized spacial score (nSPS) is 10.3. The topological polar surface area (TPSA) is 55.2 Å². The van der Waals surface area contributed by atoms with Crippen LogP contribution in [0.4, 0.5) is 5.69 Å².